The van der Waals surface area contributed by atoms with Crippen LogP contribution in [0, 0.1) is 0 Å². The molecule has 2 fully saturated rings. The molecule has 1 amide bonds. The van der Waals surface area contributed by atoms with Gasteiger partial charge < -0.3 is 4.90 Å². The summed E-state index contributed by atoms with van der Waals surface area (Å²) >= 11 is 0. The van der Waals surface area contributed by atoms with Crippen molar-refractivity contribution in [2.24, 2.45) is 0 Å². The fourth-order valence-corrected chi connectivity index (χ4v) is 5.84. The quantitative estimate of drug-likeness (QED) is 0.727. The van der Waals surface area contributed by atoms with E-state index in [4.69, 9.17) is 0 Å². The molecule has 162 valence electrons. The molecule has 9 heteroatoms. The highest BCUT2D eigenvalue weighted by atomic mass is 32.2. The molecule has 0 unspecified atom stereocenters. The van der Waals surface area contributed by atoms with Gasteiger partial charge in [-0.1, -0.05) is 37.5 Å². The Labute approximate surface area is 178 Å². The van der Waals surface area contributed by atoms with Crippen LogP contribution in [0.1, 0.15) is 42.6 Å². The van der Waals surface area contributed by atoms with Gasteiger partial charge in [-0.3, -0.25) is 4.79 Å². The third-order valence-electron chi connectivity index (χ3n) is 6.13. The van der Waals surface area contributed by atoms with Crippen LogP contribution in [0.5, 0.6) is 0 Å². The van der Waals surface area contributed by atoms with E-state index in [1.54, 1.807) is 33.2 Å². The van der Waals surface area contributed by atoms with E-state index < -0.39 is 10.2 Å². The van der Waals surface area contributed by atoms with Crippen molar-refractivity contribution in [2.75, 3.05) is 33.2 Å². The number of hydrogen-bond donors (Lipinski definition) is 0. The summed E-state index contributed by atoms with van der Waals surface area (Å²) in [5.74, 6) is -0.164. The van der Waals surface area contributed by atoms with Crippen LogP contribution in [0.2, 0.25) is 0 Å². The predicted octanol–water partition coefficient (Wildman–Crippen LogP) is 2.14. The monoisotopic (exact) mass is 431 g/mol. The van der Waals surface area contributed by atoms with E-state index in [0.717, 1.165) is 31.4 Å². The molecule has 0 atom stereocenters. The molecule has 1 aromatic heterocycles. The lowest BCUT2D eigenvalue weighted by Gasteiger charge is -2.38. The van der Waals surface area contributed by atoms with Crippen LogP contribution in [-0.2, 0) is 10.2 Å². The summed E-state index contributed by atoms with van der Waals surface area (Å²) in [5.41, 5.74) is 1.26. The fourth-order valence-electron chi connectivity index (χ4n) is 4.26. The third-order valence-corrected chi connectivity index (χ3v) is 8.18. The number of carbonyl (C=O) groups is 1. The number of amides is 1. The van der Waals surface area contributed by atoms with Crippen molar-refractivity contribution in [2.45, 2.75) is 38.1 Å². The van der Waals surface area contributed by atoms with Gasteiger partial charge in [-0.25, -0.2) is 4.68 Å². The number of rotatable bonds is 5. The topological polar surface area (TPSA) is 78.8 Å². The molecule has 1 aromatic carbocycles. The van der Waals surface area contributed by atoms with E-state index in [2.05, 4.69) is 5.10 Å². The van der Waals surface area contributed by atoms with E-state index in [1.165, 1.54) is 10.7 Å². The Hall–Kier alpha value is -2.23. The van der Waals surface area contributed by atoms with Gasteiger partial charge in [-0.15, -0.1) is 0 Å². The smallest absolute Gasteiger partial charge is 0.282 e. The Kier molecular flexibility index (Phi) is 6.21. The highest BCUT2D eigenvalue weighted by molar-refractivity contribution is 7.86. The molecule has 0 radical (unpaired) electrons. The van der Waals surface area contributed by atoms with Crippen LogP contribution >= 0.6 is 0 Å². The first-order chi connectivity index (χ1) is 14.5. The molecule has 2 aliphatic rings. The molecule has 8 nitrogen and oxygen atoms in total. The van der Waals surface area contributed by atoms with Crippen LogP contribution in [0.3, 0.4) is 0 Å². The minimum Gasteiger partial charge on any atom is -0.335 e. The summed E-state index contributed by atoms with van der Waals surface area (Å²) in [4.78, 5) is 14.5. The number of nitrogens with zero attached hydrogens (tertiary/aromatic N) is 5. The van der Waals surface area contributed by atoms with E-state index in [9.17, 15) is 13.2 Å². The number of carbonyl (C=O) groups excluding carboxylic acids is 1. The first-order valence-corrected chi connectivity index (χ1v) is 12.0. The van der Waals surface area contributed by atoms with Crippen molar-refractivity contribution in [1.82, 2.24) is 23.3 Å². The van der Waals surface area contributed by atoms with E-state index in [-0.39, 0.29) is 11.9 Å². The normalized spacial score (nSPS) is 19.3. The Balaban J connectivity index is 1.37. The zero-order valence-electron chi connectivity index (χ0n) is 17.4. The van der Waals surface area contributed by atoms with Gasteiger partial charge in [0, 0.05) is 45.5 Å². The summed E-state index contributed by atoms with van der Waals surface area (Å²) in [6, 6.07) is 11.4. The average Bonchev–Trinajstić information content (AvgIpc) is 3.30. The second-order valence-corrected chi connectivity index (χ2v) is 9.98. The molecule has 0 spiro atoms. The lowest BCUT2D eigenvalue weighted by Crippen LogP contribution is -2.55. The molecule has 1 aliphatic heterocycles. The number of piperazine rings is 1. The van der Waals surface area contributed by atoms with Gasteiger partial charge in [0.1, 0.15) is 0 Å². The highest BCUT2D eigenvalue weighted by Crippen LogP contribution is 2.25. The maximum atomic E-state index is 13.0. The highest BCUT2D eigenvalue weighted by Gasteiger charge is 2.35. The minimum absolute atomic E-state index is 0.0883. The number of hydrogen-bond acceptors (Lipinski definition) is 4. The molecule has 2 aromatic rings. The predicted molar refractivity (Wildman–Crippen MR) is 115 cm³/mol. The van der Waals surface area contributed by atoms with Crippen LogP contribution in [0.25, 0.3) is 5.69 Å². The second-order valence-electron chi connectivity index (χ2n) is 7.99. The molecule has 0 N–H and O–H groups in total. The molecule has 2 heterocycles. The first kappa shape index (κ1) is 21.0. The maximum absolute atomic E-state index is 13.0. The number of benzene rings is 1. The lowest BCUT2D eigenvalue weighted by molar-refractivity contribution is 0.0686. The second kappa shape index (κ2) is 8.87. The molecule has 1 aliphatic carbocycles. The molecule has 1 saturated heterocycles. The van der Waals surface area contributed by atoms with Crippen LogP contribution in [0.15, 0.2) is 42.6 Å². The molecule has 1 saturated carbocycles. The average molecular weight is 432 g/mol. The summed E-state index contributed by atoms with van der Waals surface area (Å²) in [6.45, 7) is 1.36. The van der Waals surface area contributed by atoms with Gasteiger partial charge in [0.25, 0.3) is 16.1 Å². The Bertz CT molecular complexity index is 962. The van der Waals surface area contributed by atoms with Gasteiger partial charge in [0.2, 0.25) is 0 Å². The third kappa shape index (κ3) is 4.28. The Morgan fingerprint density at radius 1 is 1.00 bits per heavy atom. The molecule has 4 rings (SSSR count). The SMILES string of the molecule is CN(C1CCCCC1)S(=O)(=O)N1CCN(C(=O)c2ccn(-c3ccccc3)n2)CC1. The van der Waals surface area contributed by atoms with Crippen LogP contribution in [0.4, 0.5) is 0 Å². The van der Waals surface area contributed by atoms with Gasteiger partial charge in [-0.2, -0.15) is 22.1 Å². The molecule has 0 bridgehead atoms. The summed E-state index contributed by atoms with van der Waals surface area (Å²) in [6.07, 6.45) is 6.98. The molecule has 30 heavy (non-hydrogen) atoms. The Morgan fingerprint density at radius 2 is 1.67 bits per heavy atom. The van der Waals surface area contributed by atoms with Crippen LogP contribution in [-0.4, -0.2) is 76.9 Å². The number of aromatic nitrogens is 2. The van der Waals surface area contributed by atoms with Crippen molar-refractivity contribution in [3.05, 3.63) is 48.3 Å². The Morgan fingerprint density at radius 3 is 2.33 bits per heavy atom. The van der Waals surface area contributed by atoms with Gasteiger partial charge in [0.15, 0.2) is 5.69 Å². The molecular weight excluding hydrogens is 402 g/mol. The van der Waals surface area contributed by atoms with Crippen molar-refractivity contribution >= 4 is 16.1 Å². The van der Waals surface area contributed by atoms with Crippen molar-refractivity contribution < 1.29 is 13.2 Å². The summed E-state index contributed by atoms with van der Waals surface area (Å²) in [5, 5.41) is 4.40. The standard InChI is InChI=1S/C21H29N5O3S/c1-23(18-8-4-2-5-9-18)30(28,29)25-16-14-24(15-17-25)21(27)20-12-13-26(22-20)19-10-6-3-7-11-19/h3,6-7,10-13,18H,2,4-5,8-9,14-17H2,1H3. The maximum Gasteiger partial charge on any atom is 0.282 e. The van der Waals surface area contributed by atoms with E-state index >= 15 is 0 Å². The first-order valence-electron chi connectivity index (χ1n) is 10.6. The summed E-state index contributed by atoms with van der Waals surface area (Å²) in [7, 11) is -1.80. The van der Waals surface area contributed by atoms with Crippen molar-refractivity contribution in [1.29, 1.82) is 0 Å². The number of para-hydroxylation sites is 1. The van der Waals surface area contributed by atoms with Gasteiger partial charge in [0.05, 0.1) is 5.69 Å². The zero-order valence-corrected chi connectivity index (χ0v) is 18.2. The lowest BCUT2D eigenvalue weighted by atomic mass is 9.96. The van der Waals surface area contributed by atoms with E-state index in [0.29, 0.717) is 31.9 Å². The molecular formula is C21H29N5O3S. The summed E-state index contributed by atoms with van der Waals surface area (Å²) < 4.78 is 30.8. The van der Waals surface area contributed by atoms with E-state index in [1.807, 2.05) is 30.3 Å². The van der Waals surface area contributed by atoms with Crippen molar-refractivity contribution in [3.8, 4) is 5.69 Å². The minimum atomic E-state index is -3.50. The van der Waals surface area contributed by atoms with Crippen LogP contribution < -0.4 is 0 Å². The zero-order chi connectivity index (χ0) is 21.1. The largest absolute Gasteiger partial charge is 0.335 e. The van der Waals surface area contributed by atoms with Crippen molar-refractivity contribution in [3.63, 3.8) is 0 Å². The fraction of sp³-hybridized carbons (Fsp3) is 0.524. The van der Waals surface area contributed by atoms with Gasteiger partial charge >= 0.3 is 0 Å². The van der Waals surface area contributed by atoms with Gasteiger partial charge in [-0.05, 0) is 31.0 Å².